The standard InChI is InChI=1S/C12H11Br2FO3/c1-2-5-18-12(17)10(15)11(16)8-6-7(13)3-4-9(8)14/h3-4,6,10H,2,5H2,1H3. The fourth-order valence-corrected chi connectivity index (χ4v) is 2.01. The van der Waals surface area contributed by atoms with E-state index in [4.69, 9.17) is 0 Å². The van der Waals surface area contributed by atoms with Crippen molar-refractivity contribution in [2.24, 2.45) is 0 Å². The van der Waals surface area contributed by atoms with Crippen LogP contribution >= 0.6 is 31.9 Å². The van der Waals surface area contributed by atoms with Gasteiger partial charge in [-0.05, 0) is 24.6 Å². The Morgan fingerprint density at radius 1 is 1.39 bits per heavy atom. The first-order valence-electron chi connectivity index (χ1n) is 5.27. The molecule has 0 amide bonds. The van der Waals surface area contributed by atoms with Crippen LogP contribution in [0.2, 0.25) is 0 Å². The van der Waals surface area contributed by atoms with Gasteiger partial charge in [-0.1, -0.05) is 38.8 Å². The number of hydrogen-bond donors (Lipinski definition) is 0. The molecule has 0 aliphatic rings. The molecule has 0 radical (unpaired) electrons. The van der Waals surface area contributed by atoms with Gasteiger partial charge in [-0.2, -0.15) is 0 Å². The van der Waals surface area contributed by atoms with E-state index in [-0.39, 0.29) is 12.2 Å². The molecule has 0 aliphatic carbocycles. The number of esters is 1. The molecule has 0 spiro atoms. The third-order valence-electron chi connectivity index (χ3n) is 2.08. The largest absolute Gasteiger partial charge is 0.463 e. The lowest BCUT2D eigenvalue weighted by molar-refractivity contribution is -0.147. The lowest BCUT2D eigenvalue weighted by Gasteiger charge is -2.09. The summed E-state index contributed by atoms with van der Waals surface area (Å²) >= 11 is 6.32. The van der Waals surface area contributed by atoms with E-state index in [1.54, 1.807) is 19.1 Å². The van der Waals surface area contributed by atoms with Gasteiger partial charge in [0.05, 0.1) is 6.61 Å². The number of hydrogen-bond acceptors (Lipinski definition) is 3. The second-order valence-electron chi connectivity index (χ2n) is 3.52. The maximum absolute atomic E-state index is 13.7. The highest BCUT2D eigenvalue weighted by Crippen LogP contribution is 2.23. The van der Waals surface area contributed by atoms with Gasteiger partial charge in [0, 0.05) is 14.5 Å². The Hall–Kier alpha value is -0.750. The molecule has 3 nitrogen and oxygen atoms in total. The third-order valence-corrected chi connectivity index (χ3v) is 3.26. The Bertz CT molecular complexity index is 463. The van der Waals surface area contributed by atoms with Crippen LogP contribution in [-0.4, -0.2) is 24.5 Å². The number of alkyl halides is 1. The summed E-state index contributed by atoms with van der Waals surface area (Å²) in [4.78, 5) is 23.1. The van der Waals surface area contributed by atoms with Crippen molar-refractivity contribution >= 4 is 43.6 Å². The van der Waals surface area contributed by atoms with Gasteiger partial charge in [-0.15, -0.1) is 0 Å². The molecule has 0 heterocycles. The Balaban J connectivity index is 2.86. The van der Waals surface area contributed by atoms with Crippen LogP contribution in [0, 0.1) is 0 Å². The van der Waals surface area contributed by atoms with Crippen molar-refractivity contribution in [3.05, 3.63) is 32.7 Å². The molecule has 6 heteroatoms. The van der Waals surface area contributed by atoms with Crippen molar-refractivity contribution in [1.29, 1.82) is 0 Å². The maximum atomic E-state index is 13.7. The van der Waals surface area contributed by atoms with Crippen LogP contribution in [0.25, 0.3) is 0 Å². The summed E-state index contributed by atoms with van der Waals surface area (Å²) in [6.07, 6.45) is -1.71. The number of ether oxygens (including phenoxy) is 1. The van der Waals surface area contributed by atoms with Gasteiger partial charge < -0.3 is 4.74 Å². The number of rotatable bonds is 5. The minimum absolute atomic E-state index is 0.102. The van der Waals surface area contributed by atoms with Gasteiger partial charge in [-0.3, -0.25) is 4.79 Å². The molecule has 0 aliphatic heterocycles. The van der Waals surface area contributed by atoms with Gasteiger partial charge in [0.25, 0.3) is 6.17 Å². The topological polar surface area (TPSA) is 43.4 Å². The predicted molar refractivity (Wildman–Crippen MR) is 72.3 cm³/mol. The molecule has 0 fully saturated rings. The number of carbonyl (C=O) groups is 2. The molecule has 1 atom stereocenters. The van der Waals surface area contributed by atoms with E-state index in [0.717, 1.165) is 0 Å². The molecule has 0 bridgehead atoms. The van der Waals surface area contributed by atoms with E-state index in [0.29, 0.717) is 15.4 Å². The first-order chi connectivity index (χ1) is 8.47. The van der Waals surface area contributed by atoms with Gasteiger partial charge in [0.15, 0.2) is 0 Å². The second kappa shape index (κ2) is 6.99. The monoisotopic (exact) mass is 380 g/mol. The van der Waals surface area contributed by atoms with E-state index in [1.807, 2.05) is 0 Å². The number of ketones is 1. The van der Waals surface area contributed by atoms with Crippen molar-refractivity contribution in [3.63, 3.8) is 0 Å². The lowest BCUT2D eigenvalue weighted by atomic mass is 10.1. The SMILES string of the molecule is CCCOC(=O)C(F)C(=O)c1cc(Br)ccc1Br. The predicted octanol–water partition coefficient (Wildman–Crippen LogP) is 3.69. The smallest absolute Gasteiger partial charge is 0.349 e. The van der Waals surface area contributed by atoms with Crippen molar-refractivity contribution < 1.29 is 18.7 Å². The highest BCUT2D eigenvalue weighted by Gasteiger charge is 2.29. The fourth-order valence-electron chi connectivity index (χ4n) is 1.21. The molecule has 18 heavy (non-hydrogen) atoms. The van der Waals surface area contributed by atoms with Crippen LogP contribution in [0.1, 0.15) is 23.7 Å². The number of benzene rings is 1. The highest BCUT2D eigenvalue weighted by atomic mass is 79.9. The molecule has 0 saturated carbocycles. The summed E-state index contributed by atoms with van der Waals surface area (Å²) < 4.78 is 19.3. The van der Waals surface area contributed by atoms with Crippen LogP contribution in [-0.2, 0) is 9.53 Å². The summed E-state index contributed by atoms with van der Waals surface area (Å²) in [6.45, 7) is 1.89. The fraction of sp³-hybridized carbons (Fsp3) is 0.333. The van der Waals surface area contributed by atoms with E-state index in [2.05, 4.69) is 36.6 Å². The van der Waals surface area contributed by atoms with Gasteiger partial charge in [0.2, 0.25) is 5.78 Å². The molecular formula is C12H11Br2FO3. The van der Waals surface area contributed by atoms with Crippen molar-refractivity contribution in [2.75, 3.05) is 6.61 Å². The van der Waals surface area contributed by atoms with Crippen LogP contribution in [0.5, 0.6) is 0 Å². The zero-order valence-electron chi connectivity index (χ0n) is 9.58. The number of Topliss-reactive ketones (excluding diaryl/α,β-unsaturated/α-hetero) is 1. The molecule has 98 valence electrons. The molecule has 0 N–H and O–H groups in total. The first-order valence-corrected chi connectivity index (χ1v) is 6.86. The summed E-state index contributed by atoms with van der Waals surface area (Å²) in [6, 6.07) is 4.75. The summed E-state index contributed by atoms with van der Waals surface area (Å²) in [7, 11) is 0. The zero-order valence-corrected chi connectivity index (χ0v) is 12.8. The molecule has 0 aromatic heterocycles. The van der Waals surface area contributed by atoms with Crippen molar-refractivity contribution in [2.45, 2.75) is 19.5 Å². The van der Waals surface area contributed by atoms with Gasteiger partial charge >= 0.3 is 5.97 Å². The number of halogens is 3. The Morgan fingerprint density at radius 3 is 2.67 bits per heavy atom. The summed E-state index contributed by atoms with van der Waals surface area (Å²) in [5.74, 6) is -2.06. The van der Waals surface area contributed by atoms with Crippen LogP contribution in [0.3, 0.4) is 0 Å². The van der Waals surface area contributed by atoms with Crippen molar-refractivity contribution in [1.82, 2.24) is 0 Å². The van der Waals surface area contributed by atoms with Crippen LogP contribution < -0.4 is 0 Å². The minimum atomic E-state index is -2.29. The van der Waals surface area contributed by atoms with Crippen LogP contribution in [0.15, 0.2) is 27.1 Å². The van der Waals surface area contributed by atoms with Crippen molar-refractivity contribution in [3.8, 4) is 0 Å². The zero-order chi connectivity index (χ0) is 13.7. The van der Waals surface area contributed by atoms with Crippen LogP contribution in [0.4, 0.5) is 4.39 Å². The quantitative estimate of drug-likeness (QED) is 0.444. The molecule has 1 aromatic carbocycles. The number of carbonyl (C=O) groups excluding carboxylic acids is 2. The minimum Gasteiger partial charge on any atom is -0.463 e. The Morgan fingerprint density at radius 2 is 2.06 bits per heavy atom. The van der Waals surface area contributed by atoms with E-state index >= 15 is 0 Å². The molecule has 1 aromatic rings. The lowest BCUT2D eigenvalue weighted by Crippen LogP contribution is -2.28. The summed E-state index contributed by atoms with van der Waals surface area (Å²) in [5, 5.41) is 0. The maximum Gasteiger partial charge on any atom is 0.349 e. The Kier molecular flexibility index (Phi) is 5.95. The second-order valence-corrected chi connectivity index (χ2v) is 5.29. The van der Waals surface area contributed by atoms with E-state index < -0.39 is 17.9 Å². The molecule has 1 unspecified atom stereocenters. The molecular weight excluding hydrogens is 371 g/mol. The molecule has 0 saturated heterocycles. The van der Waals surface area contributed by atoms with Gasteiger partial charge in [-0.25, -0.2) is 9.18 Å². The first kappa shape index (κ1) is 15.3. The molecule has 1 rings (SSSR count). The van der Waals surface area contributed by atoms with E-state index in [9.17, 15) is 14.0 Å². The third kappa shape index (κ3) is 3.88. The average Bonchev–Trinajstić information content (AvgIpc) is 2.37. The normalized spacial score (nSPS) is 12.0. The summed E-state index contributed by atoms with van der Waals surface area (Å²) in [5.41, 5.74) is 0.102. The van der Waals surface area contributed by atoms with E-state index in [1.165, 1.54) is 6.07 Å². The van der Waals surface area contributed by atoms with Gasteiger partial charge in [0.1, 0.15) is 0 Å². The Labute approximate surface area is 121 Å². The average molecular weight is 382 g/mol. The highest BCUT2D eigenvalue weighted by molar-refractivity contribution is 9.11.